The van der Waals surface area contributed by atoms with Gasteiger partial charge in [-0.2, -0.15) is 0 Å². The van der Waals surface area contributed by atoms with Gasteiger partial charge in [0.2, 0.25) is 5.91 Å². The fourth-order valence-corrected chi connectivity index (χ4v) is 3.90. The second kappa shape index (κ2) is 7.48. The Hall–Kier alpha value is -2.73. The summed E-state index contributed by atoms with van der Waals surface area (Å²) in [4.78, 5) is 11.6. The van der Waals surface area contributed by atoms with Crippen molar-refractivity contribution in [3.05, 3.63) is 59.7 Å². The van der Waals surface area contributed by atoms with E-state index in [0.717, 1.165) is 35.9 Å². The van der Waals surface area contributed by atoms with Crippen LogP contribution < -0.4 is 5.32 Å². The number of rotatable bonds is 4. The lowest BCUT2D eigenvalue weighted by Gasteiger charge is -2.36. The molecule has 3 aromatic rings. The number of fused-ring (bicyclic) bond motifs is 1. The SMILES string of the molecule is CC(=O)N[C@@H]1C[C@H](Cc2ccccc2)O[C@H](c2ccc3c(c2)nnn3C)C1. The lowest BCUT2D eigenvalue weighted by atomic mass is 9.91. The third-order valence-corrected chi connectivity index (χ3v) is 5.12. The van der Waals surface area contributed by atoms with Gasteiger partial charge in [-0.1, -0.05) is 41.6 Å². The molecular weight excluding hydrogens is 340 g/mol. The summed E-state index contributed by atoms with van der Waals surface area (Å²) in [5.74, 6) is 0.00323. The van der Waals surface area contributed by atoms with Gasteiger partial charge in [-0.15, -0.1) is 5.10 Å². The molecule has 1 aliphatic rings. The first kappa shape index (κ1) is 17.7. The summed E-state index contributed by atoms with van der Waals surface area (Å²) in [5, 5.41) is 11.4. The van der Waals surface area contributed by atoms with Gasteiger partial charge in [0, 0.05) is 20.0 Å². The molecule has 2 heterocycles. The molecule has 27 heavy (non-hydrogen) atoms. The average molecular weight is 364 g/mol. The van der Waals surface area contributed by atoms with Crippen LogP contribution in [0.5, 0.6) is 0 Å². The highest BCUT2D eigenvalue weighted by Crippen LogP contribution is 2.34. The van der Waals surface area contributed by atoms with Gasteiger partial charge in [-0.3, -0.25) is 4.79 Å². The maximum atomic E-state index is 11.6. The molecule has 1 amide bonds. The predicted octanol–water partition coefficient (Wildman–Crippen LogP) is 2.94. The molecule has 1 N–H and O–H groups in total. The number of aryl methyl sites for hydroxylation is 1. The monoisotopic (exact) mass is 364 g/mol. The van der Waals surface area contributed by atoms with Crippen molar-refractivity contribution < 1.29 is 9.53 Å². The topological polar surface area (TPSA) is 69.0 Å². The summed E-state index contributed by atoms with van der Waals surface area (Å²) in [6, 6.07) is 16.6. The van der Waals surface area contributed by atoms with Gasteiger partial charge < -0.3 is 10.1 Å². The first-order valence-electron chi connectivity index (χ1n) is 9.34. The highest BCUT2D eigenvalue weighted by molar-refractivity contribution is 5.75. The molecule has 3 atom stereocenters. The lowest BCUT2D eigenvalue weighted by molar-refractivity contribution is -0.122. The van der Waals surface area contributed by atoms with E-state index in [2.05, 4.69) is 33.8 Å². The summed E-state index contributed by atoms with van der Waals surface area (Å²) >= 11 is 0. The van der Waals surface area contributed by atoms with Crippen molar-refractivity contribution >= 4 is 16.9 Å². The lowest BCUT2D eigenvalue weighted by Crippen LogP contribution is -2.42. The van der Waals surface area contributed by atoms with Gasteiger partial charge >= 0.3 is 0 Å². The molecule has 1 saturated heterocycles. The summed E-state index contributed by atoms with van der Waals surface area (Å²) in [7, 11) is 1.88. The summed E-state index contributed by atoms with van der Waals surface area (Å²) in [6.07, 6.45) is 2.40. The minimum Gasteiger partial charge on any atom is -0.370 e. The first-order valence-corrected chi connectivity index (χ1v) is 9.34. The van der Waals surface area contributed by atoms with Crippen LogP contribution in [0.25, 0.3) is 11.0 Å². The number of aromatic nitrogens is 3. The predicted molar refractivity (Wildman–Crippen MR) is 103 cm³/mol. The van der Waals surface area contributed by atoms with Gasteiger partial charge in [0.15, 0.2) is 0 Å². The van der Waals surface area contributed by atoms with Crippen LogP contribution in [0.15, 0.2) is 48.5 Å². The number of hydrogen-bond donors (Lipinski definition) is 1. The Bertz CT molecular complexity index is 938. The molecule has 2 aromatic carbocycles. The third-order valence-electron chi connectivity index (χ3n) is 5.12. The van der Waals surface area contributed by atoms with E-state index in [1.165, 1.54) is 5.56 Å². The Morgan fingerprint density at radius 1 is 1.22 bits per heavy atom. The van der Waals surface area contributed by atoms with Crippen LogP contribution in [0.2, 0.25) is 0 Å². The molecule has 6 heteroatoms. The highest BCUT2D eigenvalue weighted by atomic mass is 16.5. The molecule has 0 spiro atoms. The van der Waals surface area contributed by atoms with Crippen LogP contribution >= 0.6 is 0 Å². The van der Waals surface area contributed by atoms with Crippen LogP contribution in [-0.2, 0) is 23.0 Å². The zero-order chi connectivity index (χ0) is 18.8. The molecule has 0 radical (unpaired) electrons. The molecule has 0 aliphatic carbocycles. The van der Waals surface area contributed by atoms with Crippen molar-refractivity contribution in [2.45, 2.75) is 44.4 Å². The molecule has 1 fully saturated rings. The zero-order valence-corrected chi connectivity index (χ0v) is 15.6. The largest absolute Gasteiger partial charge is 0.370 e. The van der Waals surface area contributed by atoms with Crippen molar-refractivity contribution in [1.82, 2.24) is 20.3 Å². The Morgan fingerprint density at radius 3 is 2.81 bits per heavy atom. The van der Waals surface area contributed by atoms with Crippen LogP contribution in [-0.4, -0.2) is 33.0 Å². The molecule has 0 unspecified atom stereocenters. The summed E-state index contributed by atoms with van der Waals surface area (Å²) in [5.41, 5.74) is 4.18. The normalized spacial score (nSPS) is 22.7. The molecular formula is C21H24N4O2. The minimum atomic E-state index is -0.0734. The number of carbonyl (C=O) groups is 1. The smallest absolute Gasteiger partial charge is 0.217 e. The van der Waals surface area contributed by atoms with Crippen molar-refractivity contribution in [1.29, 1.82) is 0 Å². The number of amides is 1. The van der Waals surface area contributed by atoms with Crippen LogP contribution in [0.1, 0.15) is 37.0 Å². The fourth-order valence-electron chi connectivity index (χ4n) is 3.90. The molecule has 140 valence electrons. The van der Waals surface area contributed by atoms with Crippen LogP contribution in [0, 0.1) is 0 Å². The maximum absolute atomic E-state index is 11.6. The summed E-state index contributed by atoms with van der Waals surface area (Å²) in [6.45, 7) is 1.57. The third kappa shape index (κ3) is 4.01. The molecule has 6 nitrogen and oxygen atoms in total. The number of ether oxygens (including phenoxy) is 1. The second-order valence-electron chi connectivity index (χ2n) is 7.27. The molecule has 1 aliphatic heterocycles. The van der Waals surface area contributed by atoms with Gasteiger partial charge in [0.1, 0.15) is 5.52 Å². The second-order valence-corrected chi connectivity index (χ2v) is 7.27. The van der Waals surface area contributed by atoms with Gasteiger partial charge in [0.25, 0.3) is 0 Å². The van der Waals surface area contributed by atoms with Crippen molar-refractivity contribution in [3.8, 4) is 0 Å². The van der Waals surface area contributed by atoms with E-state index < -0.39 is 0 Å². The molecule has 4 rings (SSSR count). The van der Waals surface area contributed by atoms with E-state index >= 15 is 0 Å². The first-order chi connectivity index (χ1) is 13.1. The minimum absolute atomic E-state index is 0.00323. The van der Waals surface area contributed by atoms with Gasteiger partial charge in [-0.25, -0.2) is 4.68 Å². The number of benzene rings is 2. The quantitative estimate of drug-likeness (QED) is 0.773. The fraction of sp³-hybridized carbons (Fsp3) is 0.381. The Kier molecular flexibility index (Phi) is 4.90. The van der Waals surface area contributed by atoms with E-state index in [9.17, 15) is 4.79 Å². The number of carbonyl (C=O) groups excluding carboxylic acids is 1. The molecule has 0 bridgehead atoms. The summed E-state index contributed by atoms with van der Waals surface area (Å²) < 4.78 is 8.20. The van der Waals surface area contributed by atoms with E-state index in [-0.39, 0.29) is 24.2 Å². The van der Waals surface area contributed by atoms with Crippen molar-refractivity contribution in [2.75, 3.05) is 0 Å². The Morgan fingerprint density at radius 2 is 2.04 bits per heavy atom. The number of hydrogen-bond acceptors (Lipinski definition) is 4. The average Bonchev–Trinajstić information content (AvgIpc) is 3.02. The van der Waals surface area contributed by atoms with E-state index in [1.54, 1.807) is 11.6 Å². The number of nitrogens with zero attached hydrogens (tertiary/aromatic N) is 3. The van der Waals surface area contributed by atoms with E-state index in [4.69, 9.17) is 4.74 Å². The van der Waals surface area contributed by atoms with Gasteiger partial charge in [-0.05, 0) is 42.5 Å². The zero-order valence-electron chi connectivity index (χ0n) is 15.6. The van der Waals surface area contributed by atoms with Gasteiger partial charge in [0.05, 0.1) is 17.7 Å². The molecule has 0 saturated carbocycles. The highest BCUT2D eigenvalue weighted by Gasteiger charge is 2.31. The van der Waals surface area contributed by atoms with Crippen LogP contribution in [0.4, 0.5) is 0 Å². The van der Waals surface area contributed by atoms with Crippen molar-refractivity contribution in [3.63, 3.8) is 0 Å². The molecule has 1 aromatic heterocycles. The van der Waals surface area contributed by atoms with E-state index in [0.29, 0.717) is 0 Å². The van der Waals surface area contributed by atoms with Crippen molar-refractivity contribution in [2.24, 2.45) is 7.05 Å². The Balaban J connectivity index is 1.58. The maximum Gasteiger partial charge on any atom is 0.217 e. The number of nitrogens with one attached hydrogen (secondary N) is 1. The Labute approximate surface area is 158 Å². The van der Waals surface area contributed by atoms with E-state index in [1.807, 2.05) is 37.4 Å². The van der Waals surface area contributed by atoms with Crippen LogP contribution in [0.3, 0.4) is 0 Å². The standard InChI is InChI=1S/C21H24N4O2/c1-14(26)22-17-12-18(10-15-6-4-3-5-7-15)27-21(13-17)16-8-9-20-19(11-16)23-24-25(20)2/h3-9,11,17-18,21H,10,12-13H2,1-2H3,(H,22,26)/t17-,18+,21+/m1/s1.